The van der Waals surface area contributed by atoms with E-state index in [2.05, 4.69) is 4.98 Å². The number of aromatic nitrogens is 2. The van der Waals surface area contributed by atoms with Crippen molar-refractivity contribution in [2.75, 3.05) is 11.5 Å². The number of benzene rings is 1. The molecule has 2 unspecified atom stereocenters. The number of hydrogen-bond acceptors (Lipinski definition) is 3. The average Bonchev–Trinajstić information content (AvgIpc) is 2.92. The SMILES string of the molecule is CC(Cl)c1nc2ccccc2c(=O)n1C1CCSC1. The van der Waals surface area contributed by atoms with E-state index in [-0.39, 0.29) is 17.0 Å². The van der Waals surface area contributed by atoms with Crippen LogP contribution in [-0.4, -0.2) is 21.1 Å². The van der Waals surface area contributed by atoms with Crippen LogP contribution in [0.2, 0.25) is 0 Å². The van der Waals surface area contributed by atoms with Gasteiger partial charge in [-0.05, 0) is 31.2 Å². The zero-order chi connectivity index (χ0) is 13.4. The van der Waals surface area contributed by atoms with Gasteiger partial charge in [-0.2, -0.15) is 11.8 Å². The summed E-state index contributed by atoms with van der Waals surface area (Å²) in [6.07, 6.45) is 1.02. The number of alkyl halides is 1. The molecule has 1 aliphatic rings. The number of fused-ring (bicyclic) bond motifs is 1. The Kier molecular flexibility index (Phi) is 3.54. The number of para-hydroxylation sites is 1. The molecular weight excluding hydrogens is 280 g/mol. The number of hydrogen-bond donors (Lipinski definition) is 0. The van der Waals surface area contributed by atoms with E-state index in [9.17, 15) is 4.79 Å². The molecule has 3 rings (SSSR count). The van der Waals surface area contributed by atoms with E-state index in [1.54, 1.807) is 0 Å². The lowest BCUT2D eigenvalue weighted by molar-refractivity contribution is 0.510. The van der Waals surface area contributed by atoms with Gasteiger partial charge in [-0.25, -0.2) is 4.98 Å². The van der Waals surface area contributed by atoms with Crippen LogP contribution in [0.25, 0.3) is 10.9 Å². The molecule has 19 heavy (non-hydrogen) atoms. The summed E-state index contributed by atoms with van der Waals surface area (Å²) in [5.74, 6) is 2.76. The van der Waals surface area contributed by atoms with Crippen LogP contribution in [0.15, 0.2) is 29.1 Å². The maximum atomic E-state index is 12.7. The molecule has 1 aromatic heterocycles. The predicted molar refractivity (Wildman–Crippen MR) is 81.3 cm³/mol. The molecular formula is C14H15ClN2OS. The van der Waals surface area contributed by atoms with Gasteiger partial charge in [-0.15, -0.1) is 11.6 Å². The van der Waals surface area contributed by atoms with E-state index in [0.29, 0.717) is 11.2 Å². The highest BCUT2D eigenvalue weighted by Crippen LogP contribution is 2.30. The van der Waals surface area contributed by atoms with Crippen molar-refractivity contribution in [2.45, 2.75) is 24.8 Å². The fraction of sp³-hybridized carbons (Fsp3) is 0.429. The Bertz CT molecular complexity index is 662. The molecule has 0 spiro atoms. The van der Waals surface area contributed by atoms with Crippen molar-refractivity contribution in [1.82, 2.24) is 9.55 Å². The molecule has 2 atom stereocenters. The monoisotopic (exact) mass is 294 g/mol. The zero-order valence-electron chi connectivity index (χ0n) is 10.7. The van der Waals surface area contributed by atoms with E-state index in [1.165, 1.54) is 0 Å². The van der Waals surface area contributed by atoms with Crippen LogP contribution in [0.1, 0.15) is 30.6 Å². The molecule has 0 bridgehead atoms. The molecule has 1 aromatic carbocycles. The Balaban J connectivity index is 2.30. The summed E-state index contributed by atoms with van der Waals surface area (Å²) in [4.78, 5) is 17.3. The fourth-order valence-corrected chi connectivity index (χ4v) is 3.87. The lowest BCUT2D eigenvalue weighted by Crippen LogP contribution is -2.29. The second-order valence-corrected chi connectivity index (χ2v) is 6.60. The molecule has 5 heteroatoms. The first-order valence-corrected chi connectivity index (χ1v) is 8.00. The topological polar surface area (TPSA) is 34.9 Å². The Morgan fingerprint density at radius 1 is 1.47 bits per heavy atom. The third-order valence-electron chi connectivity index (χ3n) is 3.46. The highest BCUT2D eigenvalue weighted by Gasteiger charge is 2.24. The van der Waals surface area contributed by atoms with Crippen LogP contribution in [0.5, 0.6) is 0 Å². The van der Waals surface area contributed by atoms with Crippen LogP contribution in [0.4, 0.5) is 0 Å². The van der Waals surface area contributed by atoms with Crippen molar-refractivity contribution >= 4 is 34.3 Å². The van der Waals surface area contributed by atoms with Crippen molar-refractivity contribution in [3.05, 3.63) is 40.4 Å². The van der Waals surface area contributed by atoms with E-state index in [4.69, 9.17) is 11.6 Å². The molecule has 0 aliphatic carbocycles. The number of nitrogens with zero attached hydrogens (tertiary/aromatic N) is 2. The van der Waals surface area contributed by atoms with Gasteiger partial charge in [0.1, 0.15) is 5.82 Å². The lowest BCUT2D eigenvalue weighted by atomic mass is 10.2. The van der Waals surface area contributed by atoms with Crippen LogP contribution < -0.4 is 5.56 Å². The van der Waals surface area contributed by atoms with E-state index in [0.717, 1.165) is 23.4 Å². The van der Waals surface area contributed by atoms with Crippen molar-refractivity contribution in [3.63, 3.8) is 0 Å². The van der Waals surface area contributed by atoms with Crippen molar-refractivity contribution < 1.29 is 0 Å². The molecule has 100 valence electrons. The van der Waals surface area contributed by atoms with Crippen LogP contribution in [-0.2, 0) is 0 Å². The Labute approximate surface area is 121 Å². The lowest BCUT2D eigenvalue weighted by Gasteiger charge is -2.19. The van der Waals surface area contributed by atoms with Crippen molar-refractivity contribution in [1.29, 1.82) is 0 Å². The summed E-state index contributed by atoms with van der Waals surface area (Å²) < 4.78 is 1.82. The quantitative estimate of drug-likeness (QED) is 0.797. The molecule has 1 saturated heterocycles. The van der Waals surface area contributed by atoms with Gasteiger partial charge in [0.25, 0.3) is 5.56 Å². The summed E-state index contributed by atoms with van der Waals surface area (Å²) in [6, 6.07) is 7.71. The molecule has 2 aromatic rings. The smallest absolute Gasteiger partial charge is 0.261 e. The number of thioether (sulfide) groups is 1. The maximum absolute atomic E-state index is 12.7. The first kappa shape index (κ1) is 13.0. The van der Waals surface area contributed by atoms with Crippen LogP contribution >= 0.6 is 23.4 Å². The summed E-state index contributed by atoms with van der Waals surface area (Å²) in [7, 11) is 0. The first-order valence-electron chi connectivity index (χ1n) is 6.41. The second-order valence-electron chi connectivity index (χ2n) is 4.80. The largest absolute Gasteiger partial charge is 0.291 e. The molecule has 0 amide bonds. The number of rotatable bonds is 2. The van der Waals surface area contributed by atoms with Gasteiger partial charge in [0.05, 0.1) is 16.3 Å². The van der Waals surface area contributed by atoms with Gasteiger partial charge in [0, 0.05) is 11.8 Å². The van der Waals surface area contributed by atoms with Crippen LogP contribution in [0.3, 0.4) is 0 Å². The molecule has 2 heterocycles. The third kappa shape index (κ3) is 2.28. The minimum atomic E-state index is -0.261. The first-order chi connectivity index (χ1) is 9.18. The van der Waals surface area contributed by atoms with E-state index >= 15 is 0 Å². The van der Waals surface area contributed by atoms with Crippen molar-refractivity contribution in [3.8, 4) is 0 Å². The van der Waals surface area contributed by atoms with Gasteiger partial charge in [0.15, 0.2) is 0 Å². The Morgan fingerprint density at radius 3 is 2.95 bits per heavy atom. The minimum absolute atomic E-state index is 0.0422. The summed E-state index contributed by atoms with van der Waals surface area (Å²) in [6.45, 7) is 1.87. The van der Waals surface area contributed by atoms with Gasteiger partial charge >= 0.3 is 0 Å². The van der Waals surface area contributed by atoms with E-state index < -0.39 is 0 Å². The Morgan fingerprint density at radius 2 is 2.26 bits per heavy atom. The number of halogens is 1. The zero-order valence-corrected chi connectivity index (χ0v) is 12.2. The predicted octanol–water partition coefficient (Wildman–Crippen LogP) is 3.37. The molecule has 1 fully saturated rings. The van der Waals surface area contributed by atoms with Crippen LogP contribution in [0, 0.1) is 0 Å². The third-order valence-corrected chi connectivity index (χ3v) is 4.80. The van der Waals surface area contributed by atoms with Gasteiger partial charge in [-0.3, -0.25) is 9.36 Å². The highest BCUT2D eigenvalue weighted by molar-refractivity contribution is 7.99. The second kappa shape index (κ2) is 5.17. The van der Waals surface area contributed by atoms with Crippen molar-refractivity contribution in [2.24, 2.45) is 0 Å². The summed E-state index contributed by atoms with van der Waals surface area (Å²) >= 11 is 8.11. The Hall–Kier alpha value is -1.00. The van der Waals surface area contributed by atoms with Gasteiger partial charge in [-0.1, -0.05) is 12.1 Å². The molecule has 1 aliphatic heterocycles. The van der Waals surface area contributed by atoms with E-state index in [1.807, 2.05) is 47.5 Å². The normalized spacial score (nSPS) is 20.8. The maximum Gasteiger partial charge on any atom is 0.261 e. The molecule has 0 N–H and O–H groups in total. The standard InChI is InChI=1S/C14H15ClN2OS/c1-9(15)13-16-12-5-3-2-4-11(12)14(18)17(13)10-6-7-19-8-10/h2-5,9-10H,6-8H2,1H3. The van der Waals surface area contributed by atoms with Gasteiger partial charge in [0.2, 0.25) is 0 Å². The average molecular weight is 295 g/mol. The molecule has 3 nitrogen and oxygen atoms in total. The fourth-order valence-electron chi connectivity index (χ4n) is 2.52. The molecule has 0 saturated carbocycles. The summed E-state index contributed by atoms with van der Waals surface area (Å²) in [5, 5.41) is 0.420. The highest BCUT2D eigenvalue weighted by atomic mass is 35.5. The summed E-state index contributed by atoms with van der Waals surface area (Å²) in [5.41, 5.74) is 0.775. The minimum Gasteiger partial charge on any atom is -0.291 e. The molecule has 0 radical (unpaired) electrons. The van der Waals surface area contributed by atoms with Gasteiger partial charge < -0.3 is 0 Å².